The molecule has 2 rings (SSSR count). The lowest BCUT2D eigenvalue weighted by atomic mass is 10.0. The van der Waals surface area contributed by atoms with Crippen LogP contribution in [0.25, 0.3) is 11.1 Å². The summed E-state index contributed by atoms with van der Waals surface area (Å²) >= 11 is 13.5. The maximum Gasteiger partial charge on any atom is 0.140 e. The van der Waals surface area contributed by atoms with Crippen molar-refractivity contribution in [1.82, 2.24) is 0 Å². The monoisotopic (exact) mass is 498 g/mol. The summed E-state index contributed by atoms with van der Waals surface area (Å²) in [6.45, 7) is 0. The van der Waals surface area contributed by atoms with Gasteiger partial charge in [0, 0.05) is 20.1 Å². The molecule has 0 aliphatic carbocycles. The fourth-order valence-corrected chi connectivity index (χ4v) is 3.86. The molecular weight excluding hydrogens is 496 g/mol. The molecule has 6 heteroatoms. The van der Waals surface area contributed by atoms with Crippen LogP contribution in [0.3, 0.4) is 0 Å². The Bertz CT molecular complexity index is 597. The first kappa shape index (κ1) is 14.4. The van der Waals surface area contributed by atoms with Crippen LogP contribution in [-0.2, 0) is 0 Å². The van der Waals surface area contributed by atoms with E-state index >= 15 is 0 Å². The Labute approximate surface area is 138 Å². The first-order chi connectivity index (χ1) is 8.45. The van der Waals surface area contributed by atoms with Gasteiger partial charge in [-0.05, 0) is 69.8 Å². The number of rotatable bonds is 1. The zero-order valence-electron chi connectivity index (χ0n) is 8.72. The van der Waals surface area contributed by atoms with Crippen molar-refractivity contribution in [3.05, 3.63) is 42.2 Å². The van der Waals surface area contributed by atoms with Crippen LogP contribution in [0.1, 0.15) is 0 Å². The summed E-state index contributed by atoms with van der Waals surface area (Å²) in [5.41, 5.74) is 1.07. The molecule has 0 heterocycles. The minimum atomic E-state index is 0.0541. The number of para-hydroxylation sites is 1. The minimum Gasteiger partial charge on any atom is -0.507 e. The zero-order valence-corrected chi connectivity index (χ0v) is 15.1. The molecule has 0 fully saturated rings. The van der Waals surface area contributed by atoms with E-state index in [0.717, 1.165) is 4.47 Å². The topological polar surface area (TPSA) is 40.5 Å². The maximum atomic E-state index is 10.2. The number of phenolic OH excluding ortho intramolecular Hbond substituents is 2. The SMILES string of the molecule is Oc1ccccc1-c1c(O)c(Br)c(Br)c(Br)c1Br. The third-order valence-electron chi connectivity index (χ3n) is 2.42. The third-order valence-corrected chi connectivity index (χ3v) is 7.16. The van der Waals surface area contributed by atoms with Crippen molar-refractivity contribution < 1.29 is 10.2 Å². The lowest BCUT2D eigenvalue weighted by Crippen LogP contribution is -1.87. The van der Waals surface area contributed by atoms with E-state index < -0.39 is 0 Å². The lowest BCUT2D eigenvalue weighted by molar-refractivity contribution is 0.466. The molecule has 0 amide bonds. The number of benzene rings is 2. The number of aromatic hydroxyl groups is 2. The molecule has 0 unspecified atom stereocenters. The fraction of sp³-hybridized carbons (Fsp3) is 0. The van der Waals surface area contributed by atoms with E-state index in [9.17, 15) is 10.2 Å². The van der Waals surface area contributed by atoms with Crippen LogP contribution in [0.5, 0.6) is 11.5 Å². The summed E-state index contributed by atoms with van der Waals surface area (Å²) in [7, 11) is 0. The molecule has 0 aromatic heterocycles. The van der Waals surface area contributed by atoms with Gasteiger partial charge in [0.25, 0.3) is 0 Å². The van der Waals surface area contributed by atoms with E-state index in [-0.39, 0.29) is 11.5 Å². The van der Waals surface area contributed by atoms with Crippen LogP contribution in [0, 0.1) is 0 Å². The second-order valence-corrected chi connectivity index (χ2v) is 6.67. The highest BCUT2D eigenvalue weighted by Crippen LogP contribution is 2.51. The molecule has 18 heavy (non-hydrogen) atoms. The van der Waals surface area contributed by atoms with Gasteiger partial charge in [0.1, 0.15) is 11.5 Å². The van der Waals surface area contributed by atoms with Crippen molar-refractivity contribution in [2.75, 3.05) is 0 Å². The van der Waals surface area contributed by atoms with Gasteiger partial charge >= 0.3 is 0 Å². The summed E-state index contributed by atoms with van der Waals surface area (Å²) < 4.78 is 2.64. The second-order valence-electron chi connectivity index (χ2n) is 3.50. The Kier molecular flexibility index (Phi) is 4.41. The Balaban J connectivity index is 2.85. The highest BCUT2D eigenvalue weighted by atomic mass is 79.9. The molecule has 2 aromatic rings. The zero-order chi connectivity index (χ0) is 13.4. The fourth-order valence-electron chi connectivity index (χ4n) is 1.55. The van der Waals surface area contributed by atoms with Gasteiger partial charge < -0.3 is 10.2 Å². The van der Waals surface area contributed by atoms with E-state index in [0.29, 0.717) is 24.5 Å². The predicted molar refractivity (Wildman–Crippen MR) is 86.0 cm³/mol. The summed E-state index contributed by atoms with van der Waals surface area (Å²) in [5.74, 6) is 0.160. The summed E-state index contributed by atoms with van der Waals surface area (Å²) in [5, 5.41) is 20.1. The number of phenols is 2. The molecule has 94 valence electrons. The number of hydrogen-bond donors (Lipinski definition) is 2. The minimum absolute atomic E-state index is 0.0541. The Morgan fingerprint density at radius 3 is 1.89 bits per heavy atom. The molecular formula is C12H6Br4O2. The highest BCUT2D eigenvalue weighted by molar-refractivity contribution is 9.15. The first-order valence-electron chi connectivity index (χ1n) is 4.78. The third kappa shape index (κ3) is 2.35. The molecule has 0 saturated heterocycles. The first-order valence-corrected chi connectivity index (χ1v) is 7.95. The van der Waals surface area contributed by atoms with Gasteiger partial charge in [0.05, 0.1) is 8.95 Å². The van der Waals surface area contributed by atoms with Gasteiger partial charge in [-0.3, -0.25) is 0 Å². The van der Waals surface area contributed by atoms with Crippen LogP contribution < -0.4 is 0 Å². The molecule has 0 radical (unpaired) electrons. The number of hydrogen-bond acceptors (Lipinski definition) is 2. The molecule has 0 aliphatic rings. The van der Waals surface area contributed by atoms with Gasteiger partial charge in [-0.15, -0.1) is 0 Å². The smallest absolute Gasteiger partial charge is 0.140 e. The van der Waals surface area contributed by atoms with Gasteiger partial charge in [0.2, 0.25) is 0 Å². The quantitative estimate of drug-likeness (QED) is 0.382. The molecule has 0 atom stereocenters. The van der Waals surface area contributed by atoms with Gasteiger partial charge in [0.15, 0.2) is 0 Å². The van der Waals surface area contributed by atoms with E-state index in [1.807, 2.05) is 0 Å². The van der Waals surface area contributed by atoms with Crippen molar-refractivity contribution >= 4 is 63.7 Å². The van der Waals surface area contributed by atoms with Gasteiger partial charge in [-0.1, -0.05) is 18.2 Å². The van der Waals surface area contributed by atoms with Crippen LogP contribution >= 0.6 is 63.7 Å². The van der Waals surface area contributed by atoms with Crippen molar-refractivity contribution in [2.45, 2.75) is 0 Å². The molecule has 0 saturated carbocycles. The van der Waals surface area contributed by atoms with E-state index in [2.05, 4.69) is 63.7 Å². The van der Waals surface area contributed by atoms with E-state index in [1.165, 1.54) is 0 Å². The second kappa shape index (κ2) is 5.53. The molecule has 2 nitrogen and oxygen atoms in total. The van der Waals surface area contributed by atoms with Crippen LogP contribution in [0.2, 0.25) is 0 Å². The van der Waals surface area contributed by atoms with Crippen LogP contribution in [-0.4, -0.2) is 10.2 Å². The molecule has 0 bridgehead atoms. The largest absolute Gasteiger partial charge is 0.507 e. The molecule has 2 N–H and O–H groups in total. The molecule has 0 spiro atoms. The summed E-state index contributed by atoms with van der Waals surface area (Å²) in [4.78, 5) is 0. The van der Waals surface area contributed by atoms with Gasteiger partial charge in [-0.25, -0.2) is 0 Å². The Morgan fingerprint density at radius 1 is 0.722 bits per heavy atom. The van der Waals surface area contributed by atoms with E-state index in [1.54, 1.807) is 24.3 Å². The van der Waals surface area contributed by atoms with Crippen molar-refractivity contribution in [1.29, 1.82) is 0 Å². The Hall–Kier alpha value is -0.0400. The number of halogens is 4. The summed E-state index contributed by atoms with van der Waals surface area (Å²) in [6.07, 6.45) is 0. The van der Waals surface area contributed by atoms with Crippen molar-refractivity contribution in [3.8, 4) is 22.6 Å². The highest BCUT2D eigenvalue weighted by Gasteiger charge is 2.21. The van der Waals surface area contributed by atoms with Crippen LogP contribution in [0.4, 0.5) is 0 Å². The Morgan fingerprint density at radius 2 is 1.28 bits per heavy atom. The standard InChI is InChI=1S/C12H6Br4O2/c13-8-7(5-3-1-2-4-6(5)17)12(18)11(16)10(15)9(8)14/h1-4,17-18H. The molecule has 0 aliphatic heterocycles. The van der Waals surface area contributed by atoms with Crippen molar-refractivity contribution in [3.63, 3.8) is 0 Å². The summed E-state index contributed by atoms with van der Waals surface area (Å²) in [6, 6.07) is 6.84. The van der Waals surface area contributed by atoms with Gasteiger partial charge in [-0.2, -0.15) is 0 Å². The normalized spacial score (nSPS) is 10.7. The average molecular weight is 502 g/mol. The van der Waals surface area contributed by atoms with E-state index in [4.69, 9.17) is 0 Å². The molecule has 2 aromatic carbocycles. The van der Waals surface area contributed by atoms with Crippen LogP contribution in [0.15, 0.2) is 42.2 Å². The van der Waals surface area contributed by atoms with Crippen molar-refractivity contribution in [2.24, 2.45) is 0 Å². The average Bonchev–Trinajstić information content (AvgIpc) is 2.36. The maximum absolute atomic E-state index is 10.2. The predicted octanol–water partition coefficient (Wildman–Crippen LogP) is 5.81. The lowest BCUT2D eigenvalue weighted by Gasteiger charge is -2.14.